The van der Waals surface area contributed by atoms with Crippen LogP contribution < -0.4 is 10.6 Å². The van der Waals surface area contributed by atoms with E-state index in [1.165, 1.54) is 4.88 Å². The standard InChI is InChI=1S/C16H19IN2OS/c1-11(2)16(14-7-4-8-21-14)18-10-15(20)19-13-6-3-5-12(17)9-13/h3-9,11,16,18H,10H2,1-2H3,(H,19,20). The maximum absolute atomic E-state index is 12.0. The van der Waals surface area contributed by atoms with Crippen molar-refractivity contribution in [3.8, 4) is 0 Å². The first kappa shape index (κ1) is 16.5. The molecule has 0 aliphatic carbocycles. The summed E-state index contributed by atoms with van der Waals surface area (Å²) in [6.45, 7) is 4.63. The van der Waals surface area contributed by atoms with Crippen molar-refractivity contribution in [3.63, 3.8) is 0 Å². The Morgan fingerprint density at radius 2 is 2.10 bits per heavy atom. The molecule has 1 aromatic carbocycles. The molecule has 1 amide bonds. The lowest BCUT2D eigenvalue weighted by molar-refractivity contribution is -0.115. The molecule has 0 radical (unpaired) electrons. The lowest BCUT2D eigenvalue weighted by Gasteiger charge is -2.21. The SMILES string of the molecule is CC(C)C(NCC(=O)Nc1cccc(I)c1)c1cccs1. The summed E-state index contributed by atoms with van der Waals surface area (Å²) >= 11 is 3.96. The van der Waals surface area contributed by atoms with Gasteiger partial charge in [-0.2, -0.15) is 0 Å². The number of carbonyl (C=O) groups is 1. The summed E-state index contributed by atoms with van der Waals surface area (Å²) in [6, 6.07) is 12.2. The average Bonchev–Trinajstić information content (AvgIpc) is 2.92. The van der Waals surface area contributed by atoms with Crippen LogP contribution in [0.3, 0.4) is 0 Å². The Kier molecular flexibility index (Phi) is 6.20. The molecule has 0 aliphatic rings. The third-order valence-corrected chi connectivity index (χ3v) is 4.73. The van der Waals surface area contributed by atoms with Crippen LogP contribution in [0.5, 0.6) is 0 Å². The van der Waals surface area contributed by atoms with Gasteiger partial charge in [0.15, 0.2) is 0 Å². The molecule has 0 aliphatic heterocycles. The summed E-state index contributed by atoms with van der Waals surface area (Å²) in [5.74, 6) is 0.424. The predicted octanol–water partition coefficient (Wildman–Crippen LogP) is 4.28. The van der Waals surface area contributed by atoms with Crippen LogP contribution in [0.25, 0.3) is 0 Å². The lowest BCUT2D eigenvalue weighted by Crippen LogP contribution is -2.33. The van der Waals surface area contributed by atoms with E-state index in [1.807, 2.05) is 30.3 Å². The first-order valence-electron chi connectivity index (χ1n) is 6.88. The minimum absolute atomic E-state index is 0.0146. The van der Waals surface area contributed by atoms with Crippen molar-refractivity contribution < 1.29 is 4.79 Å². The zero-order valence-corrected chi connectivity index (χ0v) is 15.1. The van der Waals surface area contributed by atoms with E-state index in [9.17, 15) is 4.79 Å². The summed E-state index contributed by atoms with van der Waals surface area (Å²) in [7, 11) is 0. The van der Waals surface area contributed by atoms with Crippen LogP contribution in [-0.2, 0) is 4.79 Å². The Hall–Kier alpha value is -0.920. The van der Waals surface area contributed by atoms with Gasteiger partial charge in [0.1, 0.15) is 0 Å². The molecule has 1 heterocycles. The maximum Gasteiger partial charge on any atom is 0.238 e. The molecular formula is C16H19IN2OS. The van der Waals surface area contributed by atoms with Crippen LogP contribution in [0.15, 0.2) is 41.8 Å². The van der Waals surface area contributed by atoms with E-state index in [1.54, 1.807) is 11.3 Å². The van der Waals surface area contributed by atoms with Gasteiger partial charge in [-0.05, 0) is 58.2 Å². The lowest BCUT2D eigenvalue weighted by atomic mass is 10.0. The number of carbonyl (C=O) groups excluding carboxylic acids is 1. The van der Waals surface area contributed by atoms with E-state index >= 15 is 0 Å². The third-order valence-electron chi connectivity index (χ3n) is 3.11. The highest BCUT2D eigenvalue weighted by Gasteiger charge is 2.17. The molecule has 2 rings (SSSR count). The Morgan fingerprint density at radius 3 is 2.71 bits per heavy atom. The molecule has 1 unspecified atom stereocenters. The van der Waals surface area contributed by atoms with Gasteiger partial charge in [-0.1, -0.05) is 26.0 Å². The smallest absolute Gasteiger partial charge is 0.238 e. The van der Waals surface area contributed by atoms with Crippen LogP contribution in [0.1, 0.15) is 24.8 Å². The van der Waals surface area contributed by atoms with E-state index in [-0.39, 0.29) is 11.9 Å². The Morgan fingerprint density at radius 1 is 1.29 bits per heavy atom. The van der Waals surface area contributed by atoms with Crippen molar-refractivity contribution >= 4 is 45.5 Å². The molecule has 0 spiro atoms. The second kappa shape index (κ2) is 7.91. The third kappa shape index (κ3) is 5.09. The molecule has 0 saturated heterocycles. The van der Waals surface area contributed by atoms with Gasteiger partial charge in [0.25, 0.3) is 0 Å². The molecule has 1 atom stereocenters. The normalized spacial score (nSPS) is 12.4. The van der Waals surface area contributed by atoms with Crippen molar-refractivity contribution in [3.05, 3.63) is 50.2 Å². The molecule has 0 fully saturated rings. The zero-order valence-electron chi connectivity index (χ0n) is 12.1. The summed E-state index contributed by atoms with van der Waals surface area (Å²) in [5.41, 5.74) is 0.839. The van der Waals surface area contributed by atoms with Crippen molar-refractivity contribution in [2.45, 2.75) is 19.9 Å². The molecule has 1 aromatic heterocycles. The fourth-order valence-electron chi connectivity index (χ4n) is 2.11. The highest BCUT2D eigenvalue weighted by atomic mass is 127. The highest BCUT2D eigenvalue weighted by Crippen LogP contribution is 2.25. The highest BCUT2D eigenvalue weighted by molar-refractivity contribution is 14.1. The molecule has 2 aromatic rings. The summed E-state index contributed by atoms with van der Waals surface area (Å²) in [5, 5.41) is 8.34. The van der Waals surface area contributed by atoms with Gasteiger partial charge in [-0.15, -0.1) is 11.3 Å². The zero-order chi connectivity index (χ0) is 15.2. The molecule has 3 nitrogen and oxygen atoms in total. The number of rotatable bonds is 6. The van der Waals surface area contributed by atoms with Crippen molar-refractivity contribution in [1.82, 2.24) is 5.32 Å². The molecular weight excluding hydrogens is 395 g/mol. The van der Waals surface area contributed by atoms with Crippen molar-refractivity contribution in [2.24, 2.45) is 5.92 Å². The Bertz CT molecular complexity index is 584. The first-order chi connectivity index (χ1) is 10.1. The minimum Gasteiger partial charge on any atom is -0.325 e. The summed E-state index contributed by atoms with van der Waals surface area (Å²) < 4.78 is 1.11. The average molecular weight is 414 g/mol. The topological polar surface area (TPSA) is 41.1 Å². The fraction of sp³-hybridized carbons (Fsp3) is 0.312. The molecule has 2 N–H and O–H groups in total. The quantitative estimate of drug-likeness (QED) is 0.693. The largest absolute Gasteiger partial charge is 0.325 e. The second-order valence-corrected chi connectivity index (χ2v) is 7.40. The Balaban J connectivity index is 1.90. The summed E-state index contributed by atoms with van der Waals surface area (Å²) in [4.78, 5) is 13.3. The van der Waals surface area contributed by atoms with Crippen LogP contribution >= 0.6 is 33.9 Å². The van der Waals surface area contributed by atoms with Crippen molar-refractivity contribution in [2.75, 3.05) is 11.9 Å². The van der Waals surface area contributed by atoms with Gasteiger partial charge >= 0.3 is 0 Å². The van der Waals surface area contributed by atoms with Crippen LogP contribution in [0, 0.1) is 9.49 Å². The number of halogens is 1. The molecule has 21 heavy (non-hydrogen) atoms. The van der Waals surface area contributed by atoms with E-state index in [4.69, 9.17) is 0 Å². The molecule has 112 valence electrons. The maximum atomic E-state index is 12.0. The number of hydrogen-bond donors (Lipinski definition) is 2. The van der Waals surface area contributed by atoms with E-state index in [0.29, 0.717) is 12.5 Å². The number of anilines is 1. The van der Waals surface area contributed by atoms with Crippen LogP contribution in [0.4, 0.5) is 5.69 Å². The summed E-state index contributed by atoms with van der Waals surface area (Å²) in [6.07, 6.45) is 0. The number of benzene rings is 1. The number of thiophene rings is 1. The number of amides is 1. The Labute approximate surface area is 143 Å². The van der Waals surface area contributed by atoms with Gasteiger partial charge in [-0.3, -0.25) is 4.79 Å². The molecule has 0 bridgehead atoms. The number of nitrogens with one attached hydrogen (secondary N) is 2. The van der Waals surface area contributed by atoms with E-state index in [0.717, 1.165) is 9.26 Å². The van der Waals surface area contributed by atoms with Gasteiger partial charge in [0.05, 0.1) is 6.54 Å². The monoisotopic (exact) mass is 414 g/mol. The van der Waals surface area contributed by atoms with E-state index in [2.05, 4.69) is 58.5 Å². The fourth-order valence-corrected chi connectivity index (χ4v) is 3.62. The van der Waals surface area contributed by atoms with E-state index < -0.39 is 0 Å². The second-order valence-electron chi connectivity index (χ2n) is 5.18. The van der Waals surface area contributed by atoms with Gasteiger partial charge < -0.3 is 10.6 Å². The molecule has 0 saturated carbocycles. The molecule has 5 heteroatoms. The number of hydrogen-bond acceptors (Lipinski definition) is 3. The van der Waals surface area contributed by atoms with Gasteiger partial charge in [0, 0.05) is 20.2 Å². The van der Waals surface area contributed by atoms with Crippen molar-refractivity contribution in [1.29, 1.82) is 0 Å². The van der Waals surface area contributed by atoms with Gasteiger partial charge in [0.2, 0.25) is 5.91 Å². The minimum atomic E-state index is -0.0146. The first-order valence-corrected chi connectivity index (χ1v) is 8.84. The van der Waals surface area contributed by atoms with Crippen LogP contribution in [-0.4, -0.2) is 12.5 Å². The van der Waals surface area contributed by atoms with Gasteiger partial charge in [-0.25, -0.2) is 0 Å². The predicted molar refractivity (Wildman–Crippen MR) is 97.7 cm³/mol. The van der Waals surface area contributed by atoms with Crippen LogP contribution in [0.2, 0.25) is 0 Å².